The number of carboxylic acid groups (broad SMARTS) is 1. The number of rotatable bonds is 4. The van der Waals surface area contributed by atoms with Crippen LogP contribution in [0.5, 0.6) is 23.0 Å². The number of benzene rings is 2. The zero-order valence-corrected chi connectivity index (χ0v) is 16.4. The second kappa shape index (κ2) is 8.28. The normalized spacial score (nSPS) is 29.7. The molecule has 2 aliphatic rings. The number of fused-ring (bicyclic) bond motifs is 1. The van der Waals surface area contributed by atoms with E-state index in [1.807, 2.05) is 0 Å². The number of carboxylic acids is 1. The second-order valence-electron chi connectivity index (χ2n) is 7.49. The Hall–Kier alpha value is -3.38. The average Bonchev–Trinajstić information content (AvgIpc) is 2.73. The monoisotopic (exact) mass is 448 g/mol. The van der Waals surface area contributed by atoms with Gasteiger partial charge in [-0.25, -0.2) is 4.79 Å². The summed E-state index contributed by atoms with van der Waals surface area (Å²) in [6.45, 7) is 0. The molecule has 6 N–H and O–H groups in total. The number of carbonyl (C=O) groups is 2. The Bertz CT molecular complexity index is 1030. The maximum Gasteiger partial charge on any atom is 0.335 e. The lowest BCUT2D eigenvalue weighted by molar-refractivity contribution is -0.271. The average molecular weight is 448 g/mol. The number of aliphatic hydroxyl groups is 3. The minimum atomic E-state index is -1.88. The summed E-state index contributed by atoms with van der Waals surface area (Å²) in [5.41, 5.74) is 0.538. The first kappa shape index (κ1) is 21.8. The van der Waals surface area contributed by atoms with Crippen LogP contribution < -0.4 is 9.47 Å². The minimum absolute atomic E-state index is 0.0185. The number of Topliss-reactive ketones (excluding diaryl/α,β-unsaturated/α-hetero) is 1. The molecule has 0 saturated carbocycles. The van der Waals surface area contributed by atoms with Gasteiger partial charge in [0.15, 0.2) is 11.9 Å². The number of phenolic OH excluding ortho intramolecular Hbond substituents is 2. The van der Waals surface area contributed by atoms with Crippen LogP contribution >= 0.6 is 0 Å². The lowest BCUT2D eigenvalue weighted by Crippen LogP contribution is -2.61. The van der Waals surface area contributed by atoms with E-state index in [-0.39, 0.29) is 29.2 Å². The quantitative estimate of drug-likeness (QED) is 0.372. The fourth-order valence-electron chi connectivity index (χ4n) is 3.64. The SMILES string of the molecule is O=C1C[C@@H](c2ccc(O)cc2)Oc2cc(O[C@@H]3O[C@H](C(=O)O)[C@@H](O)[C@H](O)[C@H]3O)cc(O)c21. The van der Waals surface area contributed by atoms with E-state index in [9.17, 15) is 35.1 Å². The van der Waals surface area contributed by atoms with Gasteiger partial charge in [0, 0.05) is 12.1 Å². The van der Waals surface area contributed by atoms with E-state index in [1.54, 1.807) is 12.1 Å². The van der Waals surface area contributed by atoms with Crippen molar-refractivity contribution in [3.8, 4) is 23.0 Å². The summed E-state index contributed by atoms with van der Waals surface area (Å²) in [7, 11) is 0. The molecular weight excluding hydrogens is 428 g/mol. The predicted molar refractivity (Wildman–Crippen MR) is 103 cm³/mol. The molecule has 1 fully saturated rings. The molecule has 2 aromatic rings. The molecule has 32 heavy (non-hydrogen) atoms. The van der Waals surface area contributed by atoms with Gasteiger partial charge >= 0.3 is 5.97 Å². The molecule has 11 heteroatoms. The topological polar surface area (TPSA) is 183 Å². The van der Waals surface area contributed by atoms with Crippen molar-refractivity contribution in [3.63, 3.8) is 0 Å². The van der Waals surface area contributed by atoms with Gasteiger partial charge in [-0.1, -0.05) is 12.1 Å². The highest BCUT2D eigenvalue weighted by Gasteiger charge is 2.48. The lowest BCUT2D eigenvalue weighted by atomic mass is 9.95. The largest absolute Gasteiger partial charge is 0.508 e. The molecule has 0 unspecified atom stereocenters. The second-order valence-corrected chi connectivity index (χ2v) is 7.49. The third kappa shape index (κ3) is 3.94. The van der Waals surface area contributed by atoms with Crippen molar-refractivity contribution in [3.05, 3.63) is 47.5 Å². The summed E-state index contributed by atoms with van der Waals surface area (Å²) in [4.78, 5) is 23.8. The van der Waals surface area contributed by atoms with Crippen molar-refractivity contribution in [2.45, 2.75) is 43.2 Å². The van der Waals surface area contributed by atoms with Gasteiger partial charge < -0.3 is 44.8 Å². The summed E-state index contributed by atoms with van der Waals surface area (Å²) in [5, 5.41) is 58.7. The molecule has 0 radical (unpaired) electrons. The van der Waals surface area contributed by atoms with Gasteiger partial charge in [0.05, 0.1) is 6.42 Å². The molecule has 2 aromatic carbocycles. The first-order valence-corrected chi connectivity index (χ1v) is 9.60. The maximum absolute atomic E-state index is 12.6. The van der Waals surface area contributed by atoms with Crippen LogP contribution in [0.3, 0.4) is 0 Å². The molecule has 0 aromatic heterocycles. The van der Waals surface area contributed by atoms with Gasteiger partial charge in [0.25, 0.3) is 0 Å². The van der Waals surface area contributed by atoms with Crippen LogP contribution in [0, 0.1) is 0 Å². The van der Waals surface area contributed by atoms with Crippen molar-refractivity contribution in [1.82, 2.24) is 0 Å². The van der Waals surface area contributed by atoms with Crippen LogP contribution in [-0.2, 0) is 9.53 Å². The number of ketones is 1. The van der Waals surface area contributed by atoms with Crippen molar-refractivity contribution in [2.24, 2.45) is 0 Å². The Kier molecular flexibility index (Phi) is 5.65. The molecule has 0 amide bonds. The number of ether oxygens (including phenoxy) is 3. The Labute approximate surface area is 180 Å². The molecule has 1 saturated heterocycles. The van der Waals surface area contributed by atoms with Gasteiger partial charge in [0.2, 0.25) is 6.29 Å². The summed E-state index contributed by atoms with van der Waals surface area (Å²) < 4.78 is 16.3. The molecule has 4 rings (SSSR count). The van der Waals surface area contributed by atoms with Crippen LogP contribution in [0.1, 0.15) is 28.4 Å². The molecule has 6 atom stereocenters. The van der Waals surface area contributed by atoms with Crippen LogP contribution in [0.2, 0.25) is 0 Å². The van der Waals surface area contributed by atoms with E-state index in [4.69, 9.17) is 19.3 Å². The van der Waals surface area contributed by atoms with E-state index in [1.165, 1.54) is 18.2 Å². The molecular formula is C21H20O11. The number of hydrogen-bond acceptors (Lipinski definition) is 10. The summed E-state index contributed by atoms with van der Waals surface area (Å²) in [6.07, 6.45) is -9.86. The lowest BCUT2D eigenvalue weighted by Gasteiger charge is -2.38. The Morgan fingerprint density at radius 3 is 2.34 bits per heavy atom. The van der Waals surface area contributed by atoms with Crippen molar-refractivity contribution in [1.29, 1.82) is 0 Å². The van der Waals surface area contributed by atoms with Crippen LogP contribution in [0.25, 0.3) is 0 Å². The number of phenols is 2. The molecule has 0 spiro atoms. The van der Waals surface area contributed by atoms with E-state index in [0.717, 1.165) is 6.07 Å². The zero-order valence-electron chi connectivity index (χ0n) is 16.4. The van der Waals surface area contributed by atoms with Crippen molar-refractivity contribution in [2.75, 3.05) is 0 Å². The molecule has 2 heterocycles. The fourth-order valence-corrected chi connectivity index (χ4v) is 3.64. The smallest absolute Gasteiger partial charge is 0.335 e. The van der Waals surface area contributed by atoms with Crippen molar-refractivity contribution < 1.29 is 54.4 Å². The third-order valence-electron chi connectivity index (χ3n) is 5.30. The summed E-state index contributed by atoms with van der Waals surface area (Å²) in [6, 6.07) is 8.37. The van der Waals surface area contributed by atoms with E-state index in [0.29, 0.717) is 5.56 Å². The number of aliphatic hydroxyl groups excluding tert-OH is 3. The summed E-state index contributed by atoms with van der Waals surface area (Å²) >= 11 is 0. The number of hydrogen-bond donors (Lipinski definition) is 6. The van der Waals surface area contributed by atoms with Crippen LogP contribution in [-0.4, -0.2) is 73.1 Å². The Morgan fingerprint density at radius 1 is 1.00 bits per heavy atom. The zero-order chi connectivity index (χ0) is 23.2. The molecule has 2 aliphatic heterocycles. The van der Waals surface area contributed by atoms with Gasteiger partial charge in [-0.15, -0.1) is 0 Å². The summed E-state index contributed by atoms with van der Waals surface area (Å²) in [5.74, 6) is -2.55. The number of carbonyl (C=O) groups excluding carboxylic acids is 1. The minimum Gasteiger partial charge on any atom is -0.508 e. The third-order valence-corrected chi connectivity index (χ3v) is 5.30. The number of aliphatic carboxylic acids is 1. The Morgan fingerprint density at radius 2 is 1.69 bits per heavy atom. The molecule has 0 aliphatic carbocycles. The Balaban J connectivity index is 1.60. The number of aromatic hydroxyl groups is 2. The molecule has 170 valence electrons. The van der Waals surface area contributed by atoms with E-state index < -0.39 is 54.3 Å². The standard InChI is InChI=1S/C21H20O11/c22-9-3-1-8(2-4-9)13-7-12(24)15-11(23)5-10(6-14(15)31-13)30-21-18(27)16(25)17(26)19(32-21)20(28)29/h1-6,13,16-19,21-23,25-27H,7H2,(H,28,29)/t13-,16-,17-,18+,19-,21+/m0/s1. The first-order chi connectivity index (χ1) is 15.2. The molecule has 11 nitrogen and oxygen atoms in total. The highest BCUT2D eigenvalue weighted by molar-refractivity contribution is 6.02. The maximum atomic E-state index is 12.6. The van der Waals surface area contributed by atoms with Gasteiger partial charge in [0.1, 0.15) is 53.0 Å². The fraction of sp³-hybridized carbons (Fsp3) is 0.333. The van der Waals surface area contributed by atoms with Gasteiger partial charge in [-0.05, 0) is 17.7 Å². The van der Waals surface area contributed by atoms with Crippen LogP contribution in [0.15, 0.2) is 36.4 Å². The van der Waals surface area contributed by atoms with Gasteiger partial charge in [-0.2, -0.15) is 0 Å². The van der Waals surface area contributed by atoms with E-state index >= 15 is 0 Å². The van der Waals surface area contributed by atoms with Crippen molar-refractivity contribution >= 4 is 11.8 Å². The first-order valence-electron chi connectivity index (χ1n) is 9.60. The van der Waals surface area contributed by atoms with E-state index in [2.05, 4.69) is 0 Å². The molecule has 0 bridgehead atoms. The highest BCUT2D eigenvalue weighted by Crippen LogP contribution is 2.42. The van der Waals surface area contributed by atoms with Gasteiger partial charge in [-0.3, -0.25) is 4.79 Å². The van der Waals surface area contributed by atoms with Crippen LogP contribution in [0.4, 0.5) is 0 Å². The highest BCUT2D eigenvalue weighted by atomic mass is 16.7. The predicted octanol–water partition coefficient (Wildman–Crippen LogP) is 0.0753.